The van der Waals surface area contributed by atoms with Crippen molar-refractivity contribution in [1.29, 1.82) is 0 Å². The Bertz CT molecular complexity index is 1000. The Labute approximate surface area is 169 Å². The Morgan fingerprint density at radius 2 is 1.38 bits per heavy atom. The van der Waals surface area contributed by atoms with E-state index in [0.29, 0.717) is 28.4 Å². The summed E-state index contributed by atoms with van der Waals surface area (Å²) in [7, 11) is 3.12. The molecule has 0 saturated carbocycles. The fourth-order valence-corrected chi connectivity index (χ4v) is 2.87. The normalized spacial score (nSPS) is 10.1. The molecule has 6 nitrogen and oxygen atoms in total. The van der Waals surface area contributed by atoms with E-state index < -0.39 is 0 Å². The number of carbonyl (C=O) groups is 2. The number of carbonyl (C=O) groups excluding carboxylic acids is 2. The van der Waals surface area contributed by atoms with Gasteiger partial charge in [-0.05, 0) is 42.5 Å². The molecule has 0 bridgehead atoms. The van der Waals surface area contributed by atoms with E-state index in [2.05, 4.69) is 10.6 Å². The van der Waals surface area contributed by atoms with Crippen LogP contribution < -0.4 is 20.1 Å². The Hall–Kier alpha value is -3.80. The predicted molar refractivity (Wildman–Crippen MR) is 113 cm³/mol. The first-order valence-electron chi connectivity index (χ1n) is 9.07. The van der Waals surface area contributed by atoms with E-state index >= 15 is 0 Å². The zero-order valence-electron chi connectivity index (χ0n) is 16.3. The maximum atomic E-state index is 12.5. The van der Waals surface area contributed by atoms with Crippen LogP contribution in [0.25, 0.3) is 0 Å². The van der Waals surface area contributed by atoms with Gasteiger partial charge in [0.25, 0.3) is 5.91 Å². The van der Waals surface area contributed by atoms with Gasteiger partial charge in [0.15, 0.2) is 0 Å². The molecule has 3 rings (SSSR count). The third-order valence-electron chi connectivity index (χ3n) is 4.33. The summed E-state index contributed by atoms with van der Waals surface area (Å²) in [6, 6.07) is 21.3. The van der Waals surface area contributed by atoms with E-state index in [1.54, 1.807) is 50.6 Å². The molecule has 0 unspecified atom stereocenters. The van der Waals surface area contributed by atoms with Crippen molar-refractivity contribution in [1.82, 2.24) is 0 Å². The lowest BCUT2D eigenvalue weighted by molar-refractivity contribution is -0.115. The van der Waals surface area contributed by atoms with Gasteiger partial charge in [0.2, 0.25) is 5.91 Å². The zero-order chi connectivity index (χ0) is 20.6. The molecule has 3 aromatic carbocycles. The molecule has 0 spiro atoms. The lowest BCUT2D eigenvalue weighted by Crippen LogP contribution is -2.15. The Morgan fingerprint density at radius 3 is 2.07 bits per heavy atom. The molecule has 2 N–H and O–H groups in total. The summed E-state index contributed by atoms with van der Waals surface area (Å²) in [4.78, 5) is 24.8. The molecular formula is C23H22N2O4. The number of methoxy groups -OCH3 is 2. The van der Waals surface area contributed by atoms with Crippen molar-refractivity contribution >= 4 is 23.2 Å². The molecule has 0 heterocycles. The first kappa shape index (κ1) is 19.9. The van der Waals surface area contributed by atoms with Crippen molar-refractivity contribution in [3.63, 3.8) is 0 Å². The van der Waals surface area contributed by atoms with Gasteiger partial charge < -0.3 is 20.1 Å². The first-order chi connectivity index (χ1) is 14.1. The number of anilines is 2. The Kier molecular flexibility index (Phi) is 6.47. The summed E-state index contributed by atoms with van der Waals surface area (Å²) in [6.45, 7) is 0. The van der Waals surface area contributed by atoms with Crippen LogP contribution in [0.2, 0.25) is 0 Å². The van der Waals surface area contributed by atoms with E-state index in [1.807, 2.05) is 36.4 Å². The molecule has 6 heteroatoms. The minimum atomic E-state index is -0.263. The lowest BCUT2D eigenvalue weighted by atomic mass is 10.1. The molecule has 29 heavy (non-hydrogen) atoms. The number of benzene rings is 3. The van der Waals surface area contributed by atoms with Crippen LogP contribution in [-0.2, 0) is 11.2 Å². The number of hydrogen-bond acceptors (Lipinski definition) is 4. The van der Waals surface area contributed by atoms with E-state index in [9.17, 15) is 9.59 Å². The van der Waals surface area contributed by atoms with Crippen molar-refractivity contribution in [3.8, 4) is 11.5 Å². The monoisotopic (exact) mass is 390 g/mol. The van der Waals surface area contributed by atoms with E-state index in [1.165, 1.54) is 0 Å². The molecular weight excluding hydrogens is 368 g/mol. The molecule has 0 radical (unpaired) electrons. The SMILES string of the molecule is COc1ccccc1CC(=O)Nc1ccc(C(=O)Nc2ccccc2OC)cc1. The summed E-state index contributed by atoms with van der Waals surface area (Å²) in [5.41, 5.74) is 2.48. The molecule has 2 amide bonds. The highest BCUT2D eigenvalue weighted by molar-refractivity contribution is 6.05. The van der Waals surface area contributed by atoms with Crippen LogP contribution in [0.1, 0.15) is 15.9 Å². The Balaban J connectivity index is 1.62. The number of para-hydroxylation sites is 3. The molecule has 0 fully saturated rings. The van der Waals surface area contributed by atoms with Gasteiger partial charge in [0.1, 0.15) is 11.5 Å². The smallest absolute Gasteiger partial charge is 0.255 e. The standard InChI is InChI=1S/C23H22N2O4/c1-28-20-9-5-3-7-17(20)15-22(26)24-18-13-11-16(12-14-18)23(27)25-19-8-4-6-10-21(19)29-2/h3-14H,15H2,1-2H3,(H,24,26)(H,25,27). The molecule has 0 aliphatic carbocycles. The Morgan fingerprint density at radius 1 is 0.759 bits per heavy atom. The second-order valence-electron chi connectivity index (χ2n) is 6.27. The van der Waals surface area contributed by atoms with Gasteiger partial charge in [-0.15, -0.1) is 0 Å². The molecule has 0 aliphatic heterocycles. The third kappa shape index (κ3) is 5.13. The highest BCUT2D eigenvalue weighted by Gasteiger charge is 2.11. The minimum absolute atomic E-state index is 0.166. The number of rotatable bonds is 7. The van der Waals surface area contributed by atoms with Crippen LogP contribution >= 0.6 is 0 Å². The van der Waals surface area contributed by atoms with Gasteiger partial charge in [0, 0.05) is 16.8 Å². The quantitative estimate of drug-likeness (QED) is 0.636. The van der Waals surface area contributed by atoms with Crippen molar-refractivity contribution < 1.29 is 19.1 Å². The van der Waals surface area contributed by atoms with Crippen molar-refractivity contribution in [2.45, 2.75) is 6.42 Å². The van der Waals surface area contributed by atoms with Crippen LogP contribution in [0.5, 0.6) is 11.5 Å². The average Bonchev–Trinajstić information content (AvgIpc) is 2.75. The fourth-order valence-electron chi connectivity index (χ4n) is 2.87. The van der Waals surface area contributed by atoms with Gasteiger partial charge in [-0.1, -0.05) is 30.3 Å². The zero-order valence-corrected chi connectivity index (χ0v) is 16.3. The maximum absolute atomic E-state index is 12.5. The summed E-state index contributed by atoms with van der Waals surface area (Å²) in [5.74, 6) is 0.828. The second kappa shape index (κ2) is 9.41. The molecule has 0 aliphatic rings. The summed E-state index contributed by atoms with van der Waals surface area (Å²) < 4.78 is 10.5. The summed E-state index contributed by atoms with van der Waals surface area (Å²) in [6.07, 6.45) is 0.194. The molecule has 148 valence electrons. The highest BCUT2D eigenvalue weighted by Crippen LogP contribution is 2.24. The number of amides is 2. The highest BCUT2D eigenvalue weighted by atomic mass is 16.5. The second-order valence-corrected chi connectivity index (χ2v) is 6.27. The van der Waals surface area contributed by atoms with Gasteiger partial charge in [0.05, 0.1) is 26.3 Å². The largest absolute Gasteiger partial charge is 0.496 e. The van der Waals surface area contributed by atoms with E-state index in [4.69, 9.17) is 9.47 Å². The average molecular weight is 390 g/mol. The van der Waals surface area contributed by atoms with Crippen molar-refractivity contribution in [2.75, 3.05) is 24.9 Å². The van der Waals surface area contributed by atoms with Crippen molar-refractivity contribution in [3.05, 3.63) is 83.9 Å². The van der Waals surface area contributed by atoms with Crippen LogP contribution in [0, 0.1) is 0 Å². The van der Waals surface area contributed by atoms with Gasteiger partial charge in [-0.25, -0.2) is 0 Å². The number of ether oxygens (including phenoxy) is 2. The fraction of sp³-hybridized carbons (Fsp3) is 0.130. The maximum Gasteiger partial charge on any atom is 0.255 e. The third-order valence-corrected chi connectivity index (χ3v) is 4.33. The van der Waals surface area contributed by atoms with Gasteiger partial charge >= 0.3 is 0 Å². The topological polar surface area (TPSA) is 76.7 Å². The van der Waals surface area contributed by atoms with Gasteiger partial charge in [-0.2, -0.15) is 0 Å². The first-order valence-corrected chi connectivity index (χ1v) is 9.07. The molecule has 0 saturated heterocycles. The van der Waals surface area contributed by atoms with Crippen LogP contribution in [-0.4, -0.2) is 26.0 Å². The lowest BCUT2D eigenvalue weighted by Gasteiger charge is -2.11. The van der Waals surface area contributed by atoms with Crippen LogP contribution in [0.3, 0.4) is 0 Å². The van der Waals surface area contributed by atoms with Gasteiger partial charge in [-0.3, -0.25) is 9.59 Å². The molecule has 3 aromatic rings. The minimum Gasteiger partial charge on any atom is -0.496 e. The van der Waals surface area contributed by atoms with E-state index in [-0.39, 0.29) is 18.2 Å². The van der Waals surface area contributed by atoms with Crippen LogP contribution in [0.15, 0.2) is 72.8 Å². The van der Waals surface area contributed by atoms with Crippen LogP contribution in [0.4, 0.5) is 11.4 Å². The molecule has 0 atom stereocenters. The summed E-state index contributed by atoms with van der Waals surface area (Å²) >= 11 is 0. The van der Waals surface area contributed by atoms with E-state index in [0.717, 1.165) is 5.56 Å². The number of nitrogens with one attached hydrogen (secondary N) is 2. The predicted octanol–water partition coefficient (Wildman–Crippen LogP) is 4.14. The summed E-state index contributed by atoms with van der Waals surface area (Å²) in [5, 5.41) is 5.65. The van der Waals surface area contributed by atoms with Crippen molar-refractivity contribution in [2.24, 2.45) is 0 Å². The molecule has 0 aromatic heterocycles. The number of hydrogen-bond donors (Lipinski definition) is 2.